The van der Waals surface area contributed by atoms with E-state index in [-0.39, 0.29) is 11.5 Å². The zero-order valence-electron chi connectivity index (χ0n) is 13.9. The SMILES string of the molecule is COC(=O)/C(C#N)=C/Nc1cccc(C(=O)N2CCC(C)CC2)c1. The maximum absolute atomic E-state index is 12.6. The van der Waals surface area contributed by atoms with Gasteiger partial charge in [-0.2, -0.15) is 5.26 Å². The largest absolute Gasteiger partial charge is 0.465 e. The number of carbonyl (C=O) groups is 2. The van der Waals surface area contributed by atoms with Crippen LogP contribution in [0.3, 0.4) is 0 Å². The van der Waals surface area contributed by atoms with Gasteiger partial charge in [0.05, 0.1) is 7.11 Å². The zero-order valence-corrected chi connectivity index (χ0v) is 13.9. The molecule has 1 aromatic rings. The molecule has 0 bridgehead atoms. The van der Waals surface area contributed by atoms with Gasteiger partial charge in [0.2, 0.25) is 0 Å². The molecule has 0 spiro atoms. The number of methoxy groups -OCH3 is 1. The predicted molar refractivity (Wildman–Crippen MR) is 90.1 cm³/mol. The van der Waals surface area contributed by atoms with Crippen LogP contribution in [0.5, 0.6) is 0 Å². The van der Waals surface area contributed by atoms with Crippen LogP contribution < -0.4 is 5.32 Å². The Kier molecular flexibility index (Phi) is 5.96. The first kappa shape index (κ1) is 17.5. The maximum atomic E-state index is 12.6. The van der Waals surface area contributed by atoms with Crippen molar-refractivity contribution in [2.45, 2.75) is 19.8 Å². The van der Waals surface area contributed by atoms with E-state index in [2.05, 4.69) is 17.0 Å². The Morgan fingerprint density at radius 3 is 2.71 bits per heavy atom. The van der Waals surface area contributed by atoms with Gasteiger partial charge in [0.25, 0.3) is 5.91 Å². The molecule has 1 saturated heterocycles. The molecule has 1 heterocycles. The van der Waals surface area contributed by atoms with Gasteiger partial charge in [0.15, 0.2) is 5.57 Å². The number of hydrogen-bond donors (Lipinski definition) is 1. The summed E-state index contributed by atoms with van der Waals surface area (Å²) in [5.41, 5.74) is 1.07. The van der Waals surface area contributed by atoms with E-state index in [1.54, 1.807) is 30.3 Å². The summed E-state index contributed by atoms with van der Waals surface area (Å²) in [6, 6.07) is 8.77. The van der Waals surface area contributed by atoms with E-state index in [0.717, 1.165) is 25.9 Å². The monoisotopic (exact) mass is 327 g/mol. The van der Waals surface area contributed by atoms with Crippen molar-refractivity contribution < 1.29 is 14.3 Å². The number of likely N-dealkylation sites (tertiary alicyclic amines) is 1. The zero-order chi connectivity index (χ0) is 17.5. The average Bonchev–Trinajstić information content (AvgIpc) is 2.62. The van der Waals surface area contributed by atoms with Crippen molar-refractivity contribution in [2.24, 2.45) is 5.92 Å². The molecule has 0 saturated carbocycles. The topological polar surface area (TPSA) is 82.4 Å². The average molecular weight is 327 g/mol. The molecule has 1 amide bonds. The smallest absolute Gasteiger partial charge is 0.350 e. The fourth-order valence-electron chi connectivity index (χ4n) is 2.54. The van der Waals surface area contributed by atoms with Crippen LogP contribution >= 0.6 is 0 Å². The lowest BCUT2D eigenvalue weighted by Gasteiger charge is -2.30. The number of piperidine rings is 1. The molecule has 2 rings (SSSR count). The van der Waals surface area contributed by atoms with E-state index in [1.165, 1.54) is 13.3 Å². The number of nitriles is 1. The van der Waals surface area contributed by atoms with E-state index in [1.807, 2.05) is 4.90 Å². The number of nitrogens with one attached hydrogen (secondary N) is 1. The third kappa shape index (κ3) is 4.35. The van der Waals surface area contributed by atoms with Gasteiger partial charge in [-0.3, -0.25) is 4.79 Å². The van der Waals surface area contributed by atoms with Crippen LogP contribution in [0, 0.1) is 17.2 Å². The molecule has 0 radical (unpaired) electrons. The van der Waals surface area contributed by atoms with Gasteiger partial charge in [0.1, 0.15) is 6.07 Å². The van der Waals surface area contributed by atoms with Crippen LogP contribution in [0.1, 0.15) is 30.1 Å². The van der Waals surface area contributed by atoms with E-state index in [4.69, 9.17) is 5.26 Å². The van der Waals surface area contributed by atoms with Crippen LogP contribution in [-0.4, -0.2) is 37.0 Å². The van der Waals surface area contributed by atoms with Crippen molar-refractivity contribution in [1.29, 1.82) is 5.26 Å². The maximum Gasteiger partial charge on any atom is 0.350 e. The number of amides is 1. The summed E-state index contributed by atoms with van der Waals surface area (Å²) in [6.45, 7) is 3.75. The first-order chi connectivity index (χ1) is 11.5. The molecule has 24 heavy (non-hydrogen) atoms. The summed E-state index contributed by atoms with van der Waals surface area (Å²) in [5.74, 6) is -0.0439. The van der Waals surface area contributed by atoms with Crippen LogP contribution in [0.4, 0.5) is 5.69 Å². The van der Waals surface area contributed by atoms with Crippen LogP contribution in [0.2, 0.25) is 0 Å². The number of ether oxygens (including phenoxy) is 1. The number of esters is 1. The van der Waals surface area contributed by atoms with Gasteiger partial charge in [-0.05, 0) is 37.0 Å². The van der Waals surface area contributed by atoms with E-state index in [0.29, 0.717) is 17.2 Å². The van der Waals surface area contributed by atoms with E-state index >= 15 is 0 Å². The van der Waals surface area contributed by atoms with Gasteiger partial charge in [-0.1, -0.05) is 13.0 Å². The highest BCUT2D eigenvalue weighted by atomic mass is 16.5. The fraction of sp³-hybridized carbons (Fsp3) is 0.389. The van der Waals surface area contributed by atoms with Crippen molar-refractivity contribution in [1.82, 2.24) is 4.90 Å². The van der Waals surface area contributed by atoms with Crippen molar-refractivity contribution in [3.8, 4) is 6.07 Å². The fourth-order valence-corrected chi connectivity index (χ4v) is 2.54. The standard InChI is InChI=1S/C18H21N3O3/c1-13-6-8-21(9-7-13)17(22)14-4-3-5-16(10-14)20-12-15(11-19)18(23)24-2/h3-5,10,12-13,20H,6-9H2,1-2H3/b15-12+. The Bertz CT molecular complexity index is 683. The Hall–Kier alpha value is -2.81. The molecule has 1 aliphatic rings. The molecule has 0 aromatic heterocycles. The molecular weight excluding hydrogens is 306 g/mol. The second kappa shape index (κ2) is 8.16. The third-order valence-corrected chi connectivity index (χ3v) is 4.09. The Balaban J connectivity index is 2.09. The lowest BCUT2D eigenvalue weighted by atomic mass is 9.98. The van der Waals surface area contributed by atoms with Gasteiger partial charge >= 0.3 is 5.97 Å². The molecule has 1 aliphatic heterocycles. The van der Waals surface area contributed by atoms with Crippen molar-refractivity contribution in [2.75, 3.05) is 25.5 Å². The summed E-state index contributed by atoms with van der Waals surface area (Å²) in [5, 5.41) is 11.8. The number of hydrogen-bond acceptors (Lipinski definition) is 5. The van der Waals surface area contributed by atoms with Crippen LogP contribution in [0.25, 0.3) is 0 Å². The Morgan fingerprint density at radius 2 is 2.08 bits per heavy atom. The van der Waals surface area contributed by atoms with Crippen LogP contribution in [-0.2, 0) is 9.53 Å². The molecule has 0 atom stereocenters. The second-order valence-corrected chi connectivity index (χ2v) is 5.86. The van der Waals surface area contributed by atoms with Gasteiger partial charge in [0, 0.05) is 30.5 Å². The predicted octanol–water partition coefficient (Wildman–Crippen LogP) is 2.55. The lowest BCUT2D eigenvalue weighted by molar-refractivity contribution is -0.135. The number of nitrogens with zero attached hydrogens (tertiary/aromatic N) is 2. The van der Waals surface area contributed by atoms with E-state index in [9.17, 15) is 9.59 Å². The molecule has 6 nitrogen and oxygen atoms in total. The van der Waals surface area contributed by atoms with Crippen molar-refractivity contribution in [3.63, 3.8) is 0 Å². The number of rotatable bonds is 4. The number of anilines is 1. The van der Waals surface area contributed by atoms with Gasteiger partial charge in [-0.25, -0.2) is 4.79 Å². The molecule has 1 N–H and O–H groups in total. The Labute approximate surface area is 141 Å². The quantitative estimate of drug-likeness (QED) is 0.522. The summed E-state index contributed by atoms with van der Waals surface area (Å²) in [6.07, 6.45) is 3.33. The molecule has 1 fully saturated rings. The summed E-state index contributed by atoms with van der Waals surface area (Å²) in [7, 11) is 1.21. The molecule has 1 aromatic carbocycles. The molecular formula is C18H21N3O3. The second-order valence-electron chi connectivity index (χ2n) is 5.86. The molecule has 6 heteroatoms. The third-order valence-electron chi connectivity index (χ3n) is 4.09. The summed E-state index contributed by atoms with van der Waals surface area (Å²) in [4.78, 5) is 25.8. The Morgan fingerprint density at radius 1 is 1.38 bits per heavy atom. The normalized spacial score (nSPS) is 15.5. The minimum absolute atomic E-state index is 0.00278. The highest BCUT2D eigenvalue weighted by Gasteiger charge is 2.21. The van der Waals surface area contributed by atoms with E-state index < -0.39 is 5.97 Å². The van der Waals surface area contributed by atoms with Gasteiger partial charge in [-0.15, -0.1) is 0 Å². The minimum Gasteiger partial charge on any atom is -0.465 e. The van der Waals surface area contributed by atoms with Gasteiger partial charge < -0.3 is 15.0 Å². The highest BCUT2D eigenvalue weighted by molar-refractivity contribution is 5.95. The number of benzene rings is 1. The van der Waals surface area contributed by atoms with Crippen molar-refractivity contribution in [3.05, 3.63) is 41.6 Å². The summed E-state index contributed by atoms with van der Waals surface area (Å²) < 4.78 is 4.51. The van der Waals surface area contributed by atoms with Crippen molar-refractivity contribution >= 4 is 17.6 Å². The summed E-state index contributed by atoms with van der Waals surface area (Å²) >= 11 is 0. The lowest BCUT2D eigenvalue weighted by Crippen LogP contribution is -2.37. The first-order valence-electron chi connectivity index (χ1n) is 7.89. The minimum atomic E-state index is -0.709. The first-order valence-corrected chi connectivity index (χ1v) is 7.89. The highest BCUT2D eigenvalue weighted by Crippen LogP contribution is 2.19. The molecule has 0 unspecified atom stereocenters. The number of carbonyl (C=O) groups excluding carboxylic acids is 2. The van der Waals surface area contributed by atoms with Crippen LogP contribution in [0.15, 0.2) is 36.0 Å². The molecule has 126 valence electrons. The molecule has 0 aliphatic carbocycles.